The van der Waals surface area contributed by atoms with Crippen molar-refractivity contribution in [1.29, 1.82) is 0 Å². The van der Waals surface area contributed by atoms with Crippen molar-refractivity contribution in [3.8, 4) is 0 Å². The molecule has 12 amide bonds. The minimum absolute atomic E-state index is 0.0275. The number of aliphatic carboxylic acids is 1. The largest absolute Gasteiger partial charge is 0.481 e. The van der Waals surface area contributed by atoms with Gasteiger partial charge in [-0.1, -0.05) is 18.2 Å². The molecule has 0 aromatic heterocycles. The van der Waals surface area contributed by atoms with Crippen LogP contribution in [0, 0.1) is 5.82 Å². The van der Waals surface area contributed by atoms with Crippen LogP contribution in [0.5, 0.6) is 0 Å². The number of imide groups is 6. The second kappa shape index (κ2) is 59.2. The lowest BCUT2D eigenvalue weighted by molar-refractivity contribution is -0.157. The molecule has 0 spiro atoms. The van der Waals surface area contributed by atoms with Gasteiger partial charge in [-0.25, -0.2) is 4.39 Å². The third kappa shape index (κ3) is 39.2. The van der Waals surface area contributed by atoms with Gasteiger partial charge in [0.2, 0.25) is 35.4 Å². The van der Waals surface area contributed by atoms with Crippen molar-refractivity contribution in [2.24, 2.45) is 5.73 Å². The maximum Gasteiger partial charge on any atom is 0.308 e. The first kappa shape index (κ1) is 108. The molecule has 42 nitrogen and oxygen atoms in total. The summed E-state index contributed by atoms with van der Waals surface area (Å²) in [5, 5.41) is 21.2. The van der Waals surface area contributed by atoms with Gasteiger partial charge >= 0.3 is 17.9 Å². The number of anilines is 2. The molecule has 9 rings (SSSR count). The minimum Gasteiger partial charge on any atom is -0.481 e. The molecule has 43 heteroatoms. The number of esters is 2. The van der Waals surface area contributed by atoms with E-state index in [0.29, 0.717) is 216 Å². The van der Waals surface area contributed by atoms with E-state index in [1.807, 2.05) is 41.5 Å². The number of carboxylic acid groups (broad SMARTS) is 1. The van der Waals surface area contributed by atoms with E-state index in [4.69, 9.17) is 91.4 Å². The number of halogens is 1. The van der Waals surface area contributed by atoms with Gasteiger partial charge in [-0.05, 0) is 97.2 Å². The highest BCUT2D eigenvalue weighted by Crippen LogP contribution is 2.35. The van der Waals surface area contributed by atoms with Crippen molar-refractivity contribution in [1.82, 2.24) is 30.7 Å². The van der Waals surface area contributed by atoms with E-state index < -0.39 is 112 Å². The van der Waals surface area contributed by atoms with E-state index in [0.717, 1.165) is 20.8 Å². The molecule has 129 heavy (non-hydrogen) atoms. The van der Waals surface area contributed by atoms with Crippen molar-refractivity contribution in [3.63, 3.8) is 0 Å². The van der Waals surface area contributed by atoms with E-state index >= 15 is 0 Å². The van der Waals surface area contributed by atoms with E-state index in [1.165, 1.54) is 12.1 Å². The second-order valence-corrected chi connectivity index (χ2v) is 30.6. The Morgan fingerprint density at radius 3 is 0.868 bits per heavy atom. The monoisotopic (exact) mass is 1830 g/mol. The second-order valence-electron chi connectivity index (χ2n) is 30.6. The zero-order valence-electron chi connectivity index (χ0n) is 73.9. The van der Waals surface area contributed by atoms with Gasteiger partial charge < -0.3 is 102 Å². The minimum atomic E-state index is -1.07. The van der Waals surface area contributed by atoms with Gasteiger partial charge in [0.05, 0.1) is 251 Å². The predicted octanol–water partition coefficient (Wildman–Crippen LogP) is 2.36. The fraction of sp³-hybridized carbons (Fsp3) is 0.616. The molecule has 0 radical (unpaired) electrons. The summed E-state index contributed by atoms with van der Waals surface area (Å²) in [7, 11) is 0. The first-order valence-corrected chi connectivity index (χ1v) is 42.6. The fourth-order valence-corrected chi connectivity index (χ4v) is 12.6. The molecule has 3 aromatic carbocycles. The summed E-state index contributed by atoms with van der Waals surface area (Å²) in [6.07, 6.45) is 0.847. The molecule has 3 unspecified atom stereocenters. The maximum absolute atomic E-state index is 13.7. The number of amides is 12. The normalized spacial score (nSPS) is 16.6. The number of ether oxygens (including phenoxy) is 17. The number of fused-ring (bicyclic) bond motifs is 3. The van der Waals surface area contributed by atoms with Crippen LogP contribution in [0.25, 0.3) is 0 Å². The van der Waals surface area contributed by atoms with Crippen LogP contribution >= 0.6 is 0 Å². The third-order valence-corrected chi connectivity index (χ3v) is 18.4. The van der Waals surface area contributed by atoms with Crippen molar-refractivity contribution >= 4 is 100 Å². The number of rotatable bonds is 58. The van der Waals surface area contributed by atoms with Crippen LogP contribution in [0.4, 0.5) is 15.8 Å². The lowest BCUT2D eigenvalue weighted by Gasteiger charge is -2.27. The van der Waals surface area contributed by atoms with E-state index in [1.54, 1.807) is 36.4 Å². The first-order valence-electron chi connectivity index (χ1n) is 42.6. The SMILES string of the molecule is CC(C)(C)OC(=O)CCOCCOCCOCCOCCOCCN.CC(C)(C)OC(=O)CCOCCOCCOCCOCCOCCNc1cccc2c1C(=O)N(C1CCC(=O)NC1=O)C2=O.O=C(O)CCOCCOCCOCCOCCOCCNc1cccc2c1C(=O)N(C1CCC(=O)NC1=O)C2=O.O=C1CCC(N2C(=O)c3cccc(F)c3C2=O)C(=O)N1. The standard InChI is InChI=1S/C30H43N3O11.C26H35N3O11.C17H35NO7.C13H9FN2O4/c1-30(2,3)44-25(35)9-11-39-13-15-41-17-19-43-20-18-42-16-14-40-12-10-31-22-6-4-5-21-26(22)29(38)33(28(21)37)23-7-8-24(34)32-27(23)36;30-21-5-4-20(24(33)28-21)29-25(34)18-2-1-3-19(23(18)26(29)35)27-7-9-37-11-13-39-15-17-40-16-14-38-12-10-36-8-6-22(31)32;1-17(2,3)25-16(19)4-6-20-8-10-22-12-14-24-15-13-23-11-9-21-7-5-18;14-7-3-1-2-6-10(7)13(20)16(12(6)19)8-4-5-9(17)15-11(8)18/h4-6,23,31H,7-20H2,1-3H3,(H,32,34,36);1-3,20,27H,4-17H2,(H,31,32)(H,28,30,33);4-15,18H2,1-3H3;1-3,8H,4-5H2,(H,15,17,18). The molecule has 8 N–H and O–H groups in total. The topological polar surface area (TPSA) is 529 Å². The molecular weight excluding hydrogens is 1710 g/mol. The van der Waals surface area contributed by atoms with Gasteiger partial charge in [-0.15, -0.1) is 0 Å². The number of benzene rings is 3. The smallest absolute Gasteiger partial charge is 0.308 e. The van der Waals surface area contributed by atoms with Crippen molar-refractivity contribution in [2.45, 2.75) is 129 Å². The lowest BCUT2D eigenvalue weighted by Crippen LogP contribution is -2.54. The lowest BCUT2D eigenvalue weighted by atomic mass is 10.0. The molecule has 3 saturated heterocycles. The van der Waals surface area contributed by atoms with Gasteiger partial charge in [0.15, 0.2) is 0 Å². The Morgan fingerprint density at radius 1 is 0.357 bits per heavy atom. The average molecular weight is 1830 g/mol. The predicted molar refractivity (Wildman–Crippen MR) is 451 cm³/mol. The summed E-state index contributed by atoms with van der Waals surface area (Å²) in [5.41, 5.74) is 5.75. The third-order valence-electron chi connectivity index (χ3n) is 18.4. The molecule has 6 aliphatic heterocycles. The van der Waals surface area contributed by atoms with Crippen molar-refractivity contribution < 1.29 is 162 Å². The Bertz CT molecular complexity index is 4160. The molecule has 3 fully saturated rings. The summed E-state index contributed by atoms with van der Waals surface area (Å²) in [6.45, 7) is 24.6. The highest BCUT2D eigenvalue weighted by atomic mass is 19.1. The molecule has 6 aliphatic rings. The van der Waals surface area contributed by atoms with E-state index in [9.17, 15) is 76.3 Å². The number of nitrogens with one attached hydrogen (secondary N) is 5. The van der Waals surface area contributed by atoms with Gasteiger partial charge in [0.25, 0.3) is 35.4 Å². The molecule has 3 atom stereocenters. The van der Waals surface area contributed by atoms with Crippen molar-refractivity contribution in [3.05, 3.63) is 93.8 Å². The maximum atomic E-state index is 13.7. The van der Waals surface area contributed by atoms with Crippen molar-refractivity contribution in [2.75, 3.05) is 228 Å². The fourth-order valence-electron chi connectivity index (χ4n) is 12.6. The van der Waals surface area contributed by atoms with Gasteiger partial charge in [0.1, 0.15) is 35.1 Å². The highest BCUT2D eigenvalue weighted by molar-refractivity contribution is 6.27. The summed E-state index contributed by atoms with van der Waals surface area (Å²) in [5.74, 6) is -9.30. The number of carbonyl (C=O) groups excluding carboxylic acids is 14. The summed E-state index contributed by atoms with van der Waals surface area (Å²) >= 11 is 0. The Kier molecular flexibility index (Phi) is 49.3. The van der Waals surface area contributed by atoms with Gasteiger partial charge in [0, 0.05) is 50.3 Å². The van der Waals surface area contributed by atoms with Crippen LogP contribution in [0.15, 0.2) is 54.6 Å². The summed E-state index contributed by atoms with van der Waals surface area (Å²) < 4.78 is 105. The summed E-state index contributed by atoms with van der Waals surface area (Å²) in [4.78, 5) is 182. The molecule has 0 aliphatic carbocycles. The molecular formula is C86H122FN9O33. The Morgan fingerprint density at radius 2 is 0.605 bits per heavy atom. The quantitative estimate of drug-likeness (QED) is 0.0242. The molecule has 3 aromatic rings. The first-order chi connectivity index (χ1) is 61.9. The zero-order chi connectivity index (χ0) is 93.9. The van der Waals surface area contributed by atoms with E-state index in [2.05, 4.69) is 26.6 Å². The summed E-state index contributed by atoms with van der Waals surface area (Å²) in [6, 6.07) is 10.4. The number of carboxylic acids is 1. The van der Waals surface area contributed by atoms with Crippen LogP contribution in [0.3, 0.4) is 0 Å². The highest BCUT2D eigenvalue weighted by Gasteiger charge is 2.49. The van der Waals surface area contributed by atoms with Crippen LogP contribution in [-0.2, 0) is 124 Å². The molecule has 6 heterocycles. The van der Waals surface area contributed by atoms with Gasteiger partial charge in [-0.3, -0.25) is 103 Å². The van der Waals surface area contributed by atoms with Gasteiger partial charge in [-0.2, -0.15) is 0 Å². The average Bonchev–Trinajstić information content (AvgIpc) is 1.63. The number of hydrogen-bond donors (Lipinski definition) is 7. The Labute approximate surface area is 746 Å². The van der Waals surface area contributed by atoms with Crippen LogP contribution in [-0.4, -0.2) is 356 Å². The zero-order valence-corrected chi connectivity index (χ0v) is 73.9. The molecule has 0 saturated carbocycles. The molecule has 716 valence electrons. The van der Waals surface area contributed by atoms with E-state index in [-0.39, 0.29) is 116 Å². The number of carbonyl (C=O) groups is 15. The number of hydrogen-bond acceptors (Lipinski definition) is 35. The number of nitrogens with two attached hydrogens (primary N) is 1. The number of piperidine rings is 3. The van der Waals surface area contributed by atoms with Crippen LogP contribution in [0.1, 0.15) is 161 Å². The Hall–Kier alpha value is -10.2. The molecule has 0 bridgehead atoms. The Balaban J connectivity index is 0.000000277. The van der Waals surface area contributed by atoms with Crippen LogP contribution < -0.4 is 32.3 Å². The number of nitrogens with zero attached hydrogens (tertiary/aromatic N) is 3. The van der Waals surface area contributed by atoms with Crippen LogP contribution in [0.2, 0.25) is 0 Å².